The molecular weight excluding hydrogens is 380 g/mol. The lowest BCUT2D eigenvalue weighted by molar-refractivity contribution is -0.114. The molecule has 4 rings (SSSR count). The number of amides is 1. The largest absolute Gasteiger partial charge is 0.419 e. The third-order valence-electron chi connectivity index (χ3n) is 3.97. The van der Waals surface area contributed by atoms with Crippen molar-refractivity contribution in [2.75, 3.05) is 11.1 Å². The summed E-state index contributed by atoms with van der Waals surface area (Å²) in [4.78, 5) is 23.3. The number of carbonyl (C=O) groups is 1. The van der Waals surface area contributed by atoms with Gasteiger partial charge in [-0.3, -0.25) is 9.36 Å². The number of benzene rings is 2. The Kier molecular flexibility index (Phi) is 4.94. The number of nitrogens with zero attached hydrogens (tertiary/aromatic N) is 5. The number of anilines is 1. The molecular formula is C18H16N6O3S. The van der Waals surface area contributed by atoms with E-state index in [4.69, 9.17) is 4.42 Å². The van der Waals surface area contributed by atoms with Gasteiger partial charge >= 0.3 is 5.76 Å². The molecule has 4 aromatic rings. The molecule has 0 saturated heterocycles. The molecule has 2 aromatic heterocycles. The normalized spacial score (nSPS) is 11.0. The van der Waals surface area contributed by atoms with Crippen LogP contribution in [0.25, 0.3) is 16.8 Å². The molecule has 0 fully saturated rings. The number of oxazole rings is 1. The maximum Gasteiger partial charge on any atom is 0.419 e. The van der Waals surface area contributed by atoms with Crippen molar-refractivity contribution in [3.8, 4) is 5.69 Å². The van der Waals surface area contributed by atoms with Crippen molar-refractivity contribution >= 4 is 34.5 Å². The summed E-state index contributed by atoms with van der Waals surface area (Å²) in [5.41, 5.74) is 2.71. The summed E-state index contributed by atoms with van der Waals surface area (Å²) in [6.07, 6.45) is 0. The number of para-hydroxylation sites is 2. The number of aryl methyl sites for hydroxylation is 1. The van der Waals surface area contributed by atoms with Crippen LogP contribution in [0.3, 0.4) is 0 Å². The van der Waals surface area contributed by atoms with E-state index in [1.165, 1.54) is 18.7 Å². The second-order valence-electron chi connectivity index (χ2n) is 5.94. The van der Waals surface area contributed by atoms with Crippen molar-refractivity contribution in [3.05, 3.63) is 59.1 Å². The van der Waals surface area contributed by atoms with Gasteiger partial charge in [-0.25, -0.2) is 4.79 Å². The number of fused-ring (bicyclic) bond motifs is 1. The lowest BCUT2D eigenvalue weighted by atomic mass is 10.3. The Morgan fingerprint density at radius 1 is 1.21 bits per heavy atom. The van der Waals surface area contributed by atoms with E-state index in [1.54, 1.807) is 27.4 Å². The molecule has 0 radical (unpaired) electrons. The Morgan fingerprint density at radius 3 is 2.93 bits per heavy atom. The average molecular weight is 396 g/mol. The van der Waals surface area contributed by atoms with Crippen LogP contribution in [0.2, 0.25) is 0 Å². The quantitative estimate of drug-likeness (QED) is 0.498. The Hall–Kier alpha value is -3.40. The Labute approximate surface area is 163 Å². The second-order valence-corrected chi connectivity index (χ2v) is 7.00. The zero-order valence-electron chi connectivity index (χ0n) is 14.9. The summed E-state index contributed by atoms with van der Waals surface area (Å²) < 4.78 is 8.42. The van der Waals surface area contributed by atoms with Gasteiger partial charge in [0.15, 0.2) is 5.58 Å². The van der Waals surface area contributed by atoms with Gasteiger partial charge in [0.1, 0.15) is 0 Å². The molecule has 0 spiro atoms. The smallest absolute Gasteiger partial charge is 0.408 e. The highest BCUT2D eigenvalue weighted by molar-refractivity contribution is 7.99. The van der Waals surface area contributed by atoms with Crippen molar-refractivity contribution in [3.63, 3.8) is 0 Å². The molecule has 10 heteroatoms. The number of thioether (sulfide) groups is 1. The zero-order valence-corrected chi connectivity index (χ0v) is 15.7. The highest BCUT2D eigenvalue weighted by atomic mass is 32.2. The molecule has 142 valence electrons. The summed E-state index contributed by atoms with van der Waals surface area (Å²) in [7, 11) is 0. The Bertz CT molecular complexity index is 1200. The van der Waals surface area contributed by atoms with Gasteiger partial charge in [0.05, 0.1) is 11.2 Å². The van der Waals surface area contributed by atoms with Gasteiger partial charge in [0.25, 0.3) is 0 Å². The fourth-order valence-electron chi connectivity index (χ4n) is 2.80. The van der Waals surface area contributed by atoms with Crippen LogP contribution in [0.5, 0.6) is 0 Å². The van der Waals surface area contributed by atoms with E-state index in [9.17, 15) is 9.59 Å². The van der Waals surface area contributed by atoms with Crippen LogP contribution < -0.4 is 11.1 Å². The minimum atomic E-state index is -0.385. The number of tetrazole rings is 1. The van der Waals surface area contributed by atoms with Gasteiger partial charge in [0.2, 0.25) is 11.1 Å². The van der Waals surface area contributed by atoms with E-state index in [2.05, 4.69) is 20.8 Å². The molecule has 9 nitrogen and oxygen atoms in total. The van der Waals surface area contributed by atoms with Crippen molar-refractivity contribution in [2.24, 2.45) is 0 Å². The van der Waals surface area contributed by atoms with E-state index < -0.39 is 0 Å². The van der Waals surface area contributed by atoms with Crippen LogP contribution in [0.15, 0.2) is 62.9 Å². The molecule has 0 aliphatic heterocycles. The lowest BCUT2D eigenvalue weighted by Crippen LogP contribution is -2.15. The highest BCUT2D eigenvalue weighted by Gasteiger charge is 2.12. The van der Waals surface area contributed by atoms with Gasteiger partial charge in [-0.1, -0.05) is 30.0 Å². The summed E-state index contributed by atoms with van der Waals surface area (Å²) in [5, 5.41) is 15.1. The zero-order chi connectivity index (χ0) is 19.5. The highest BCUT2D eigenvalue weighted by Crippen LogP contribution is 2.21. The van der Waals surface area contributed by atoms with Crippen molar-refractivity contribution < 1.29 is 9.21 Å². The minimum Gasteiger partial charge on any atom is -0.408 e. The Morgan fingerprint density at radius 2 is 2.07 bits per heavy atom. The molecule has 0 atom stereocenters. The SMILES string of the molecule is CC(=O)Nc1cccc(-n2nnnc2SCCn2c(=O)oc3ccccc32)c1. The van der Waals surface area contributed by atoms with E-state index in [1.807, 2.05) is 30.3 Å². The second kappa shape index (κ2) is 7.69. The molecule has 28 heavy (non-hydrogen) atoms. The first-order valence-corrected chi connectivity index (χ1v) is 9.48. The first-order chi connectivity index (χ1) is 13.6. The van der Waals surface area contributed by atoms with Crippen molar-refractivity contribution in [1.82, 2.24) is 24.8 Å². The van der Waals surface area contributed by atoms with Gasteiger partial charge < -0.3 is 9.73 Å². The van der Waals surface area contributed by atoms with E-state index in [0.29, 0.717) is 28.7 Å². The first-order valence-electron chi connectivity index (χ1n) is 8.49. The van der Waals surface area contributed by atoms with E-state index >= 15 is 0 Å². The fraction of sp³-hybridized carbons (Fsp3) is 0.167. The van der Waals surface area contributed by atoms with Gasteiger partial charge in [-0.15, -0.1) is 5.10 Å². The number of carbonyl (C=O) groups excluding carboxylic acids is 1. The third kappa shape index (κ3) is 3.67. The molecule has 0 saturated carbocycles. The number of aromatic nitrogens is 5. The summed E-state index contributed by atoms with van der Waals surface area (Å²) in [6, 6.07) is 14.5. The van der Waals surface area contributed by atoms with Gasteiger partial charge in [0, 0.05) is 24.9 Å². The number of nitrogens with one attached hydrogen (secondary N) is 1. The van der Waals surface area contributed by atoms with Gasteiger partial charge in [-0.2, -0.15) is 4.68 Å². The monoisotopic (exact) mass is 396 g/mol. The standard InChI is InChI=1S/C18H16N6O3S/c1-12(25)19-13-5-4-6-14(11-13)24-17(20-21-22-24)28-10-9-23-15-7-2-3-8-16(15)27-18(23)26/h2-8,11H,9-10H2,1H3,(H,19,25). The predicted octanol–water partition coefficient (Wildman–Crippen LogP) is 2.32. The molecule has 0 unspecified atom stereocenters. The number of rotatable bonds is 6. The first kappa shape index (κ1) is 18.0. The van der Waals surface area contributed by atoms with Crippen LogP contribution in [-0.2, 0) is 11.3 Å². The topological polar surface area (TPSA) is 108 Å². The summed E-state index contributed by atoms with van der Waals surface area (Å²) >= 11 is 1.42. The van der Waals surface area contributed by atoms with Crippen LogP contribution >= 0.6 is 11.8 Å². The number of hydrogen-bond acceptors (Lipinski definition) is 7. The molecule has 0 bridgehead atoms. The maximum absolute atomic E-state index is 12.1. The van der Waals surface area contributed by atoms with Crippen molar-refractivity contribution in [2.45, 2.75) is 18.6 Å². The predicted molar refractivity (Wildman–Crippen MR) is 105 cm³/mol. The average Bonchev–Trinajstić information content (AvgIpc) is 3.26. The van der Waals surface area contributed by atoms with Crippen LogP contribution in [0, 0.1) is 0 Å². The number of hydrogen-bond donors (Lipinski definition) is 1. The van der Waals surface area contributed by atoms with E-state index in [-0.39, 0.29) is 11.7 Å². The molecule has 0 aliphatic rings. The van der Waals surface area contributed by atoms with E-state index in [0.717, 1.165) is 11.2 Å². The maximum atomic E-state index is 12.1. The lowest BCUT2D eigenvalue weighted by Gasteiger charge is -2.07. The summed E-state index contributed by atoms with van der Waals surface area (Å²) in [5.74, 6) is 0.0421. The molecule has 2 aromatic carbocycles. The third-order valence-corrected chi connectivity index (χ3v) is 4.87. The molecule has 1 amide bonds. The minimum absolute atomic E-state index is 0.152. The Balaban J connectivity index is 1.50. The van der Waals surface area contributed by atoms with Crippen LogP contribution in [-0.4, -0.2) is 36.4 Å². The van der Waals surface area contributed by atoms with Gasteiger partial charge in [-0.05, 0) is 40.8 Å². The van der Waals surface area contributed by atoms with Crippen molar-refractivity contribution in [1.29, 1.82) is 0 Å². The molecule has 2 heterocycles. The van der Waals surface area contributed by atoms with Crippen LogP contribution in [0.1, 0.15) is 6.92 Å². The summed E-state index contributed by atoms with van der Waals surface area (Å²) in [6.45, 7) is 1.91. The fourth-order valence-corrected chi connectivity index (χ4v) is 3.62. The van der Waals surface area contributed by atoms with Crippen LogP contribution in [0.4, 0.5) is 5.69 Å². The molecule has 1 N–H and O–H groups in total. The molecule has 0 aliphatic carbocycles.